The van der Waals surface area contributed by atoms with E-state index < -0.39 is 66.3 Å². The summed E-state index contributed by atoms with van der Waals surface area (Å²) in [4.78, 5) is 71.2. The molecule has 1 aromatic heterocycles. The standard InChI is InChI=1S/C20H34N10O7/c1-9(31)15(30-16(33)11(21)3-2-4-26-20(23)24)18(35)28-12(5-10-7-25-8-27-10)17(34)29-13(19(36)37)6-14(22)32/h7-9,11-13,15,31H,2-6,21H2,1H3,(H2,22,32)(H,25,27)(H,28,35)(H,29,34)(H,30,33)(H,36,37)(H4,23,24,26). The summed E-state index contributed by atoms with van der Waals surface area (Å²) in [7, 11) is 0. The lowest BCUT2D eigenvalue weighted by atomic mass is 10.1. The second-order valence-electron chi connectivity index (χ2n) is 8.19. The summed E-state index contributed by atoms with van der Waals surface area (Å²) in [5.41, 5.74) is 21.7. The minimum absolute atomic E-state index is 0.109. The van der Waals surface area contributed by atoms with Crippen LogP contribution in [-0.2, 0) is 30.4 Å². The number of hydrogen-bond donors (Lipinski definition) is 10. The summed E-state index contributed by atoms with van der Waals surface area (Å²) in [5.74, 6) is -5.23. The Morgan fingerprint density at radius 3 is 2.22 bits per heavy atom. The normalized spacial score (nSPS) is 14.8. The van der Waals surface area contributed by atoms with E-state index in [-0.39, 0.29) is 25.3 Å². The molecule has 0 aliphatic heterocycles. The number of nitrogens with one attached hydrogen (secondary N) is 4. The number of hydrogen-bond acceptors (Lipinski definition) is 9. The van der Waals surface area contributed by atoms with Crippen LogP contribution in [0.25, 0.3) is 0 Å². The zero-order valence-electron chi connectivity index (χ0n) is 20.2. The number of carboxylic acids is 1. The first-order valence-electron chi connectivity index (χ1n) is 11.2. The molecular weight excluding hydrogens is 492 g/mol. The molecule has 0 aliphatic rings. The number of carbonyl (C=O) groups excluding carboxylic acids is 4. The van der Waals surface area contributed by atoms with Crippen LogP contribution in [0.3, 0.4) is 0 Å². The summed E-state index contributed by atoms with van der Waals surface area (Å²) in [5, 5.41) is 26.2. The smallest absolute Gasteiger partial charge is 0.326 e. The van der Waals surface area contributed by atoms with Gasteiger partial charge in [-0.2, -0.15) is 0 Å². The number of nitrogens with zero attached hydrogens (tertiary/aromatic N) is 2. The van der Waals surface area contributed by atoms with E-state index in [0.717, 1.165) is 0 Å². The van der Waals surface area contributed by atoms with Crippen molar-refractivity contribution in [2.24, 2.45) is 27.9 Å². The highest BCUT2D eigenvalue weighted by molar-refractivity contribution is 5.95. The van der Waals surface area contributed by atoms with Crippen molar-refractivity contribution >= 4 is 35.6 Å². The Bertz CT molecular complexity index is 963. The molecule has 1 rings (SSSR count). The molecule has 0 spiro atoms. The molecule has 37 heavy (non-hydrogen) atoms. The van der Waals surface area contributed by atoms with Crippen molar-refractivity contribution in [2.45, 2.75) is 62.9 Å². The van der Waals surface area contributed by atoms with E-state index in [1.165, 1.54) is 19.4 Å². The number of nitrogens with two attached hydrogens (primary N) is 4. The van der Waals surface area contributed by atoms with Gasteiger partial charge in [0.25, 0.3) is 0 Å². The van der Waals surface area contributed by atoms with Gasteiger partial charge in [-0.1, -0.05) is 0 Å². The maximum Gasteiger partial charge on any atom is 0.326 e. The first kappa shape index (κ1) is 30.8. The van der Waals surface area contributed by atoms with Gasteiger partial charge in [-0.05, 0) is 19.8 Å². The number of imidazole rings is 1. The Balaban J connectivity index is 2.95. The molecule has 4 amide bonds. The van der Waals surface area contributed by atoms with Gasteiger partial charge in [-0.3, -0.25) is 24.2 Å². The first-order valence-corrected chi connectivity index (χ1v) is 11.2. The number of amides is 4. The third-order valence-corrected chi connectivity index (χ3v) is 5.00. The molecule has 0 saturated carbocycles. The van der Waals surface area contributed by atoms with E-state index in [1.54, 1.807) is 0 Å². The maximum atomic E-state index is 13.0. The highest BCUT2D eigenvalue weighted by Crippen LogP contribution is 2.04. The van der Waals surface area contributed by atoms with E-state index >= 15 is 0 Å². The van der Waals surface area contributed by atoms with E-state index in [2.05, 4.69) is 30.9 Å². The number of carbonyl (C=O) groups is 5. The molecule has 0 bridgehead atoms. The minimum atomic E-state index is -1.64. The predicted molar refractivity (Wildman–Crippen MR) is 129 cm³/mol. The number of primary amides is 1. The van der Waals surface area contributed by atoms with Crippen molar-refractivity contribution in [1.82, 2.24) is 25.9 Å². The highest BCUT2D eigenvalue weighted by Gasteiger charge is 2.33. The van der Waals surface area contributed by atoms with Gasteiger partial charge in [0, 0.05) is 24.9 Å². The number of aromatic nitrogens is 2. The number of rotatable bonds is 16. The van der Waals surface area contributed by atoms with Crippen LogP contribution in [0.2, 0.25) is 0 Å². The van der Waals surface area contributed by atoms with Crippen LogP contribution in [0.15, 0.2) is 17.5 Å². The SMILES string of the molecule is CC(O)C(NC(=O)C(N)CCCN=C(N)N)C(=O)NC(Cc1cnc[nH]1)C(=O)NC(CC(N)=O)C(=O)O. The van der Waals surface area contributed by atoms with E-state index in [1.807, 2.05) is 0 Å². The van der Waals surface area contributed by atoms with Crippen molar-refractivity contribution < 1.29 is 34.2 Å². The lowest BCUT2D eigenvalue weighted by Crippen LogP contribution is -2.60. The van der Waals surface area contributed by atoms with Crippen molar-refractivity contribution in [1.29, 1.82) is 0 Å². The number of aliphatic hydroxyl groups is 1. The molecule has 14 N–H and O–H groups in total. The Morgan fingerprint density at radius 2 is 1.70 bits per heavy atom. The van der Waals surface area contributed by atoms with E-state index in [4.69, 9.17) is 22.9 Å². The van der Waals surface area contributed by atoms with E-state index in [0.29, 0.717) is 12.1 Å². The number of aliphatic imine (C=N–C) groups is 1. The zero-order valence-corrected chi connectivity index (χ0v) is 20.2. The summed E-state index contributed by atoms with van der Waals surface area (Å²) in [6.45, 7) is 1.48. The van der Waals surface area contributed by atoms with Crippen LogP contribution in [0.5, 0.6) is 0 Å². The summed E-state index contributed by atoms with van der Waals surface area (Å²) in [6.07, 6.45) is 1.02. The van der Waals surface area contributed by atoms with Gasteiger partial charge < -0.3 is 54.1 Å². The number of aromatic amines is 1. The van der Waals surface area contributed by atoms with E-state index in [9.17, 15) is 34.2 Å². The number of guanidine groups is 1. The molecule has 0 saturated heterocycles. The van der Waals surface area contributed by atoms with Crippen molar-refractivity contribution in [2.75, 3.05) is 6.54 Å². The number of aliphatic hydroxyl groups excluding tert-OH is 1. The van der Waals surface area contributed by atoms with Crippen LogP contribution in [0, 0.1) is 0 Å². The Hall–Kier alpha value is -4.25. The fourth-order valence-electron chi connectivity index (χ4n) is 3.08. The molecular formula is C20H34N10O7. The van der Waals surface area contributed by atoms with Crippen LogP contribution in [-0.4, -0.2) is 92.6 Å². The molecule has 0 fully saturated rings. The molecule has 0 aromatic carbocycles. The lowest BCUT2D eigenvalue weighted by Gasteiger charge is -2.26. The second kappa shape index (κ2) is 15.0. The average molecular weight is 527 g/mol. The number of H-pyrrole nitrogens is 1. The number of aliphatic carboxylic acids is 1. The predicted octanol–water partition coefficient (Wildman–Crippen LogP) is -4.87. The fourth-order valence-corrected chi connectivity index (χ4v) is 3.08. The molecule has 1 heterocycles. The average Bonchev–Trinajstić information content (AvgIpc) is 3.31. The van der Waals surface area contributed by atoms with Crippen LogP contribution < -0.4 is 38.9 Å². The quantitative estimate of drug-likeness (QED) is 0.0553. The topological polar surface area (TPSA) is 307 Å². The number of carboxylic acid groups (broad SMARTS) is 1. The molecule has 5 unspecified atom stereocenters. The van der Waals surface area contributed by atoms with Crippen molar-refractivity contribution in [3.05, 3.63) is 18.2 Å². The molecule has 5 atom stereocenters. The monoisotopic (exact) mass is 526 g/mol. The van der Waals surface area contributed by atoms with Gasteiger partial charge in [0.15, 0.2) is 5.96 Å². The summed E-state index contributed by atoms with van der Waals surface area (Å²) in [6, 6.07) is -5.57. The van der Waals surface area contributed by atoms with Crippen LogP contribution in [0.4, 0.5) is 0 Å². The third-order valence-electron chi connectivity index (χ3n) is 5.00. The molecule has 0 radical (unpaired) electrons. The molecule has 17 nitrogen and oxygen atoms in total. The second-order valence-corrected chi connectivity index (χ2v) is 8.19. The molecule has 1 aromatic rings. The first-order chi connectivity index (χ1) is 17.3. The molecule has 206 valence electrons. The Morgan fingerprint density at radius 1 is 1.05 bits per heavy atom. The lowest BCUT2D eigenvalue weighted by molar-refractivity contribution is -0.143. The van der Waals surface area contributed by atoms with Gasteiger partial charge in [-0.15, -0.1) is 0 Å². The molecule has 17 heteroatoms. The van der Waals surface area contributed by atoms with Gasteiger partial charge in [0.2, 0.25) is 23.6 Å². The van der Waals surface area contributed by atoms with Gasteiger partial charge in [0.05, 0.1) is 24.9 Å². The maximum absolute atomic E-state index is 13.0. The minimum Gasteiger partial charge on any atom is -0.480 e. The fraction of sp³-hybridized carbons (Fsp3) is 0.550. The van der Waals surface area contributed by atoms with Crippen molar-refractivity contribution in [3.8, 4) is 0 Å². The highest BCUT2D eigenvalue weighted by atomic mass is 16.4. The van der Waals surface area contributed by atoms with Gasteiger partial charge in [-0.25, -0.2) is 9.78 Å². The zero-order chi connectivity index (χ0) is 28.1. The third kappa shape index (κ3) is 11.4. The van der Waals surface area contributed by atoms with Crippen molar-refractivity contribution in [3.63, 3.8) is 0 Å². The Labute approximate surface area is 211 Å². The van der Waals surface area contributed by atoms with Crippen LogP contribution >= 0.6 is 0 Å². The van der Waals surface area contributed by atoms with Gasteiger partial charge in [0.1, 0.15) is 18.1 Å². The van der Waals surface area contributed by atoms with Gasteiger partial charge >= 0.3 is 5.97 Å². The largest absolute Gasteiger partial charge is 0.480 e. The summed E-state index contributed by atoms with van der Waals surface area (Å²) >= 11 is 0. The van der Waals surface area contributed by atoms with Crippen LogP contribution in [0.1, 0.15) is 31.9 Å². The summed E-state index contributed by atoms with van der Waals surface area (Å²) < 4.78 is 0. The Kier molecular flexibility index (Phi) is 12.5. The molecule has 0 aliphatic carbocycles.